The van der Waals surface area contributed by atoms with E-state index in [0.29, 0.717) is 11.8 Å². The van der Waals surface area contributed by atoms with E-state index in [1.807, 2.05) is 18.5 Å². The van der Waals surface area contributed by atoms with Crippen LogP contribution in [0.4, 0.5) is 0 Å². The van der Waals surface area contributed by atoms with Gasteiger partial charge in [0.25, 0.3) is 0 Å². The highest BCUT2D eigenvalue weighted by molar-refractivity contribution is 6.15. The van der Waals surface area contributed by atoms with Crippen molar-refractivity contribution in [2.24, 2.45) is 5.92 Å². The van der Waals surface area contributed by atoms with Gasteiger partial charge in [-0.25, -0.2) is 0 Å². The van der Waals surface area contributed by atoms with Crippen LogP contribution in [0.2, 0.25) is 0 Å². The van der Waals surface area contributed by atoms with Gasteiger partial charge < -0.3 is 9.47 Å². The van der Waals surface area contributed by atoms with E-state index in [1.54, 1.807) is 14.2 Å². The predicted octanol–water partition coefficient (Wildman–Crippen LogP) is 9.64. The second kappa shape index (κ2) is 11.8. The molecule has 0 radical (unpaired) electrons. The van der Waals surface area contributed by atoms with Crippen LogP contribution >= 0.6 is 0 Å². The molecule has 0 saturated heterocycles. The fraction of sp³-hybridized carbons (Fsp3) is 0.238. The molecule has 2 aromatic heterocycles. The number of allylic oxidation sites excluding steroid dienone is 4. The minimum atomic E-state index is -0.430. The summed E-state index contributed by atoms with van der Waals surface area (Å²) in [6.45, 7) is 0. The second-order valence-electron chi connectivity index (χ2n) is 12.8. The van der Waals surface area contributed by atoms with Crippen molar-refractivity contribution >= 4 is 22.3 Å². The number of hydrogen-bond donors (Lipinski definition) is 0. The number of benzene rings is 3. The van der Waals surface area contributed by atoms with Gasteiger partial charge in [-0.3, -0.25) is 9.97 Å². The highest BCUT2D eigenvalue weighted by atomic mass is 16.5. The first-order chi connectivity index (χ1) is 22.7. The molecule has 2 fully saturated rings. The molecule has 1 atom stereocenters. The lowest BCUT2D eigenvalue weighted by molar-refractivity contribution is 0.414. The van der Waals surface area contributed by atoms with E-state index in [-0.39, 0.29) is 0 Å². The Labute approximate surface area is 271 Å². The maximum absolute atomic E-state index is 5.63. The van der Waals surface area contributed by atoms with Gasteiger partial charge in [0.05, 0.1) is 19.9 Å². The summed E-state index contributed by atoms with van der Waals surface area (Å²) in [5, 5.41) is 0. The van der Waals surface area contributed by atoms with Crippen molar-refractivity contribution in [1.29, 1.82) is 0 Å². The first kappa shape index (κ1) is 28.5. The molecule has 5 aromatic rings. The smallest absolute Gasteiger partial charge is 0.118 e. The first-order valence-corrected chi connectivity index (χ1v) is 16.4. The number of ether oxygens (including phenoxy) is 2. The quantitative estimate of drug-likeness (QED) is 0.169. The van der Waals surface area contributed by atoms with Crippen molar-refractivity contribution in [3.05, 3.63) is 155 Å². The number of pyridine rings is 2. The molecular weight excluding hydrogens is 564 g/mol. The fourth-order valence-electron chi connectivity index (χ4n) is 7.71. The Morgan fingerprint density at radius 2 is 1.28 bits per heavy atom. The Morgan fingerprint density at radius 3 is 1.85 bits per heavy atom. The Morgan fingerprint density at radius 1 is 0.609 bits per heavy atom. The maximum atomic E-state index is 5.63. The Balaban J connectivity index is 1.50. The van der Waals surface area contributed by atoms with Gasteiger partial charge in [-0.05, 0) is 130 Å². The lowest BCUT2D eigenvalue weighted by atomic mass is 9.56. The summed E-state index contributed by atoms with van der Waals surface area (Å²) >= 11 is 0. The van der Waals surface area contributed by atoms with E-state index in [1.165, 1.54) is 57.4 Å². The van der Waals surface area contributed by atoms with Gasteiger partial charge in [0.1, 0.15) is 11.5 Å². The maximum Gasteiger partial charge on any atom is 0.118 e. The minimum absolute atomic E-state index is 0.416. The summed E-state index contributed by atoms with van der Waals surface area (Å²) < 4.78 is 11.2. The number of hydrogen-bond acceptors (Lipinski definition) is 4. The van der Waals surface area contributed by atoms with Crippen molar-refractivity contribution in [3.8, 4) is 11.5 Å². The molecule has 2 heterocycles. The van der Waals surface area contributed by atoms with Crippen LogP contribution in [-0.2, 0) is 5.41 Å². The Bertz CT molecular complexity index is 1900. The average molecular weight is 603 g/mol. The van der Waals surface area contributed by atoms with Gasteiger partial charge in [0, 0.05) is 30.4 Å². The van der Waals surface area contributed by atoms with Crippen molar-refractivity contribution in [2.75, 3.05) is 14.2 Å². The minimum Gasteiger partial charge on any atom is -0.497 e. The van der Waals surface area contributed by atoms with Gasteiger partial charge in [-0.1, -0.05) is 60.7 Å². The summed E-state index contributed by atoms with van der Waals surface area (Å²) in [6, 6.07) is 37.5. The number of methoxy groups -OCH3 is 2. The fourth-order valence-corrected chi connectivity index (χ4v) is 7.71. The van der Waals surface area contributed by atoms with Crippen LogP contribution in [0.3, 0.4) is 0 Å². The second-order valence-corrected chi connectivity index (χ2v) is 12.8. The highest BCUT2D eigenvalue weighted by Crippen LogP contribution is 2.66. The third kappa shape index (κ3) is 4.93. The number of aromatic nitrogens is 2. The van der Waals surface area contributed by atoms with Crippen molar-refractivity contribution < 1.29 is 9.47 Å². The standard InChI is InChI=1S/C42H38N2O2/c1-45-35-20-12-30(13-21-35)37-26-38(39-7-3-4-25-44-39)40(31-14-22-36(46-2)23-15-31)42(34-18-19-34,41(37)32-6-5-24-43-27-32)33-16-10-29(11-17-33)28-8-9-28/h3-7,10-17,20-25,27-28,34H,8-9,18-19,26H2,1-2H3. The average Bonchev–Trinajstić information content (AvgIpc) is 4.06. The molecule has 8 rings (SSSR count). The molecule has 0 amide bonds. The summed E-state index contributed by atoms with van der Waals surface area (Å²) in [7, 11) is 3.46. The van der Waals surface area contributed by atoms with Crippen LogP contribution < -0.4 is 9.47 Å². The normalized spacial score (nSPS) is 19.7. The van der Waals surface area contributed by atoms with Crippen LogP contribution in [0.5, 0.6) is 11.5 Å². The molecule has 1 unspecified atom stereocenters. The molecule has 228 valence electrons. The van der Waals surface area contributed by atoms with Crippen molar-refractivity contribution in [2.45, 2.75) is 43.4 Å². The van der Waals surface area contributed by atoms with E-state index in [0.717, 1.165) is 42.0 Å². The summed E-state index contributed by atoms with van der Waals surface area (Å²) in [4.78, 5) is 9.71. The van der Waals surface area contributed by atoms with E-state index in [9.17, 15) is 0 Å². The Kier molecular flexibility index (Phi) is 7.29. The molecule has 4 heteroatoms. The van der Waals surface area contributed by atoms with E-state index in [2.05, 4.69) is 103 Å². The molecule has 0 aliphatic heterocycles. The largest absolute Gasteiger partial charge is 0.497 e. The van der Waals surface area contributed by atoms with Crippen LogP contribution in [0.1, 0.15) is 71.5 Å². The Hall–Kier alpha value is -4.96. The monoisotopic (exact) mass is 602 g/mol. The van der Waals surface area contributed by atoms with E-state index in [4.69, 9.17) is 19.4 Å². The highest BCUT2D eigenvalue weighted by Gasteiger charge is 2.55. The zero-order valence-electron chi connectivity index (χ0n) is 26.4. The molecule has 46 heavy (non-hydrogen) atoms. The lowest BCUT2D eigenvalue weighted by Crippen LogP contribution is -2.36. The van der Waals surface area contributed by atoms with Crippen LogP contribution in [0, 0.1) is 5.92 Å². The van der Waals surface area contributed by atoms with Gasteiger partial charge in [-0.2, -0.15) is 0 Å². The predicted molar refractivity (Wildman–Crippen MR) is 186 cm³/mol. The molecule has 0 N–H and O–H groups in total. The SMILES string of the molecule is COc1ccc(C2=C(c3cccnc3)C(c3ccc(C4CC4)cc3)(C3CC3)C(c3ccc(OC)cc3)=C(c3ccccn3)C2)cc1. The topological polar surface area (TPSA) is 44.2 Å². The van der Waals surface area contributed by atoms with Gasteiger partial charge in [0.2, 0.25) is 0 Å². The van der Waals surface area contributed by atoms with Crippen LogP contribution in [0.25, 0.3) is 22.3 Å². The third-order valence-electron chi connectivity index (χ3n) is 10.1. The molecule has 2 saturated carbocycles. The molecule has 4 nitrogen and oxygen atoms in total. The van der Waals surface area contributed by atoms with Crippen LogP contribution in [0.15, 0.2) is 122 Å². The van der Waals surface area contributed by atoms with Gasteiger partial charge >= 0.3 is 0 Å². The molecule has 3 aromatic carbocycles. The first-order valence-electron chi connectivity index (χ1n) is 16.4. The third-order valence-corrected chi connectivity index (χ3v) is 10.1. The molecule has 3 aliphatic carbocycles. The van der Waals surface area contributed by atoms with Crippen molar-refractivity contribution in [1.82, 2.24) is 9.97 Å². The van der Waals surface area contributed by atoms with Gasteiger partial charge in [-0.15, -0.1) is 0 Å². The number of rotatable bonds is 9. The number of nitrogens with zero attached hydrogens (tertiary/aromatic N) is 2. The molecule has 0 spiro atoms. The summed E-state index contributed by atoms with van der Waals surface area (Å²) in [5.41, 5.74) is 12.2. The zero-order valence-corrected chi connectivity index (χ0v) is 26.4. The summed E-state index contributed by atoms with van der Waals surface area (Å²) in [5.74, 6) is 2.82. The van der Waals surface area contributed by atoms with Gasteiger partial charge in [0.15, 0.2) is 0 Å². The van der Waals surface area contributed by atoms with E-state index >= 15 is 0 Å². The summed E-state index contributed by atoms with van der Waals surface area (Å²) in [6.07, 6.45) is 11.5. The lowest BCUT2D eigenvalue weighted by Gasteiger charge is -2.46. The molecule has 0 bridgehead atoms. The van der Waals surface area contributed by atoms with Crippen molar-refractivity contribution in [3.63, 3.8) is 0 Å². The molecule has 3 aliphatic rings. The molecular formula is C42H38N2O2. The van der Waals surface area contributed by atoms with Crippen LogP contribution in [-0.4, -0.2) is 24.2 Å². The van der Waals surface area contributed by atoms with E-state index < -0.39 is 5.41 Å². The zero-order chi connectivity index (χ0) is 31.1.